The third-order valence-corrected chi connectivity index (χ3v) is 4.20. The number of nitrogens with one attached hydrogen (secondary N) is 2. The lowest BCUT2D eigenvalue weighted by Gasteiger charge is -2.08. The third-order valence-electron chi connectivity index (χ3n) is 4.20. The fourth-order valence-corrected chi connectivity index (χ4v) is 2.97. The van der Waals surface area contributed by atoms with Crippen molar-refractivity contribution in [1.82, 2.24) is 15.1 Å². The standard InChI is InChI=1S/C15H24N4O2/c1-2-4-11-7-14(11)18-15(20)17-12-8-16-19(9-12)10-13-5-3-6-21-13/h8-9,11,13-14H,2-7,10H2,1H3,(H2,17,18,20)/t11-,13-,14+/m1/s1. The van der Waals surface area contributed by atoms with E-state index in [0.29, 0.717) is 12.0 Å². The molecule has 0 radical (unpaired) electrons. The second kappa shape index (κ2) is 6.47. The first-order valence-electron chi connectivity index (χ1n) is 7.96. The number of ether oxygens (including phenoxy) is 1. The van der Waals surface area contributed by atoms with E-state index in [9.17, 15) is 4.79 Å². The molecule has 0 aromatic carbocycles. The quantitative estimate of drug-likeness (QED) is 0.846. The Hall–Kier alpha value is -1.56. The molecule has 3 atom stereocenters. The summed E-state index contributed by atoms with van der Waals surface area (Å²) in [6.45, 7) is 3.78. The summed E-state index contributed by atoms with van der Waals surface area (Å²) < 4.78 is 7.42. The van der Waals surface area contributed by atoms with Gasteiger partial charge in [0.05, 0.1) is 24.5 Å². The highest BCUT2D eigenvalue weighted by atomic mass is 16.5. The van der Waals surface area contributed by atoms with Crippen LogP contribution in [0, 0.1) is 5.92 Å². The molecule has 1 saturated carbocycles. The van der Waals surface area contributed by atoms with Crippen LogP contribution in [0.5, 0.6) is 0 Å². The molecule has 1 saturated heterocycles. The highest BCUT2D eigenvalue weighted by molar-refractivity contribution is 5.89. The van der Waals surface area contributed by atoms with Crippen LogP contribution in [0.4, 0.5) is 10.5 Å². The van der Waals surface area contributed by atoms with Crippen molar-refractivity contribution in [1.29, 1.82) is 0 Å². The molecule has 1 aromatic heterocycles. The van der Waals surface area contributed by atoms with Gasteiger partial charge in [-0.15, -0.1) is 0 Å². The molecule has 2 heterocycles. The zero-order chi connectivity index (χ0) is 14.7. The van der Waals surface area contributed by atoms with Gasteiger partial charge >= 0.3 is 6.03 Å². The van der Waals surface area contributed by atoms with Crippen LogP contribution < -0.4 is 10.6 Å². The Labute approximate surface area is 125 Å². The summed E-state index contributed by atoms with van der Waals surface area (Å²) >= 11 is 0. The number of rotatable bonds is 6. The lowest BCUT2D eigenvalue weighted by Crippen LogP contribution is -2.31. The molecule has 116 valence electrons. The Bertz CT molecular complexity index is 482. The fraction of sp³-hybridized carbons (Fsp3) is 0.733. The maximum Gasteiger partial charge on any atom is 0.319 e. The summed E-state index contributed by atoms with van der Waals surface area (Å²) in [5.41, 5.74) is 0.734. The molecule has 6 nitrogen and oxygen atoms in total. The van der Waals surface area contributed by atoms with Crippen LogP contribution in [0.15, 0.2) is 12.4 Å². The van der Waals surface area contributed by atoms with E-state index in [1.54, 1.807) is 6.20 Å². The van der Waals surface area contributed by atoms with Gasteiger partial charge in [0.15, 0.2) is 0 Å². The van der Waals surface area contributed by atoms with Crippen LogP contribution in [0.1, 0.15) is 39.0 Å². The van der Waals surface area contributed by atoms with E-state index >= 15 is 0 Å². The average molecular weight is 292 g/mol. The summed E-state index contributed by atoms with van der Waals surface area (Å²) in [6, 6.07) is 0.224. The number of nitrogens with zero attached hydrogens (tertiary/aromatic N) is 2. The summed E-state index contributed by atoms with van der Waals surface area (Å²) in [6.07, 6.45) is 9.50. The average Bonchev–Trinajstić information content (AvgIpc) is 2.87. The van der Waals surface area contributed by atoms with E-state index in [0.717, 1.165) is 38.1 Å². The molecule has 0 unspecified atom stereocenters. The van der Waals surface area contributed by atoms with Crippen molar-refractivity contribution in [2.24, 2.45) is 5.92 Å². The molecular formula is C15H24N4O2. The van der Waals surface area contributed by atoms with Gasteiger partial charge in [-0.05, 0) is 31.6 Å². The number of carbonyl (C=O) groups excluding carboxylic acids is 1. The molecule has 0 bridgehead atoms. The number of amides is 2. The highest BCUT2D eigenvalue weighted by Crippen LogP contribution is 2.34. The molecule has 2 aliphatic rings. The lowest BCUT2D eigenvalue weighted by molar-refractivity contribution is 0.0940. The van der Waals surface area contributed by atoms with Crippen molar-refractivity contribution in [2.75, 3.05) is 11.9 Å². The fourth-order valence-electron chi connectivity index (χ4n) is 2.97. The molecule has 1 aliphatic heterocycles. The first-order chi connectivity index (χ1) is 10.2. The number of carbonyl (C=O) groups is 1. The van der Waals surface area contributed by atoms with Crippen molar-refractivity contribution >= 4 is 11.7 Å². The Balaban J connectivity index is 1.42. The minimum atomic E-state index is -0.129. The SMILES string of the molecule is CCC[C@@H]1C[C@@H]1NC(=O)Nc1cnn(C[C@H]2CCCO2)c1. The van der Waals surface area contributed by atoms with Crippen molar-refractivity contribution < 1.29 is 9.53 Å². The van der Waals surface area contributed by atoms with Crippen molar-refractivity contribution in [2.45, 2.75) is 57.7 Å². The number of urea groups is 1. The largest absolute Gasteiger partial charge is 0.376 e. The Kier molecular flexibility index (Phi) is 4.43. The molecule has 1 aliphatic carbocycles. The summed E-state index contributed by atoms with van der Waals surface area (Å²) in [4.78, 5) is 11.9. The second-order valence-electron chi connectivity index (χ2n) is 6.08. The van der Waals surface area contributed by atoms with Gasteiger partial charge in [0.25, 0.3) is 0 Å². The van der Waals surface area contributed by atoms with Gasteiger partial charge in [-0.25, -0.2) is 4.79 Å². The van der Waals surface area contributed by atoms with E-state index in [2.05, 4.69) is 22.7 Å². The summed E-state index contributed by atoms with van der Waals surface area (Å²) in [5, 5.41) is 10.1. The first kappa shape index (κ1) is 14.4. The van der Waals surface area contributed by atoms with Gasteiger partial charge in [-0.3, -0.25) is 4.68 Å². The zero-order valence-corrected chi connectivity index (χ0v) is 12.5. The normalized spacial score (nSPS) is 27.6. The first-order valence-corrected chi connectivity index (χ1v) is 7.96. The van der Waals surface area contributed by atoms with Crippen LogP contribution in [0.2, 0.25) is 0 Å². The lowest BCUT2D eigenvalue weighted by atomic mass is 10.2. The third kappa shape index (κ3) is 3.97. The van der Waals surface area contributed by atoms with Crippen LogP contribution in [-0.4, -0.2) is 34.6 Å². The molecule has 21 heavy (non-hydrogen) atoms. The molecule has 1 aromatic rings. The number of hydrogen-bond acceptors (Lipinski definition) is 3. The van der Waals surface area contributed by atoms with Crippen LogP contribution in [0.3, 0.4) is 0 Å². The molecule has 2 N–H and O–H groups in total. The molecule has 6 heteroatoms. The molecule has 2 amide bonds. The maximum atomic E-state index is 11.9. The summed E-state index contributed by atoms with van der Waals surface area (Å²) in [5.74, 6) is 0.669. The van der Waals surface area contributed by atoms with Gasteiger partial charge in [-0.1, -0.05) is 13.3 Å². The molecule has 3 rings (SSSR count). The van der Waals surface area contributed by atoms with E-state index < -0.39 is 0 Å². The zero-order valence-electron chi connectivity index (χ0n) is 12.5. The predicted octanol–water partition coefficient (Wildman–Crippen LogP) is 2.37. The van der Waals surface area contributed by atoms with Crippen molar-refractivity contribution in [3.05, 3.63) is 12.4 Å². The van der Waals surface area contributed by atoms with Gasteiger partial charge in [-0.2, -0.15) is 5.10 Å². The van der Waals surface area contributed by atoms with Gasteiger partial charge < -0.3 is 15.4 Å². The Morgan fingerprint density at radius 1 is 1.57 bits per heavy atom. The maximum absolute atomic E-state index is 11.9. The van der Waals surface area contributed by atoms with Gasteiger partial charge in [0.1, 0.15) is 0 Å². The summed E-state index contributed by atoms with van der Waals surface area (Å²) in [7, 11) is 0. The predicted molar refractivity (Wildman–Crippen MR) is 80.2 cm³/mol. The smallest absolute Gasteiger partial charge is 0.319 e. The van der Waals surface area contributed by atoms with Gasteiger partial charge in [0.2, 0.25) is 0 Å². The Morgan fingerprint density at radius 2 is 2.48 bits per heavy atom. The number of anilines is 1. The monoisotopic (exact) mass is 292 g/mol. The van der Waals surface area contributed by atoms with Crippen molar-refractivity contribution in [3.8, 4) is 0 Å². The van der Waals surface area contributed by atoms with Crippen LogP contribution in [0.25, 0.3) is 0 Å². The van der Waals surface area contributed by atoms with Crippen molar-refractivity contribution in [3.63, 3.8) is 0 Å². The molecule has 2 fully saturated rings. The van der Waals surface area contributed by atoms with Crippen LogP contribution >= 0.6 is 0 Å². The van der Waals surface area contributed by atoms with Crippen LogP contribution in [-0.2, 0) is 11.3 Å². The molecule has 0 spiro atoms. The van der Waals surface area contributed by atoms with E-state index in [1.165, 1.54) is 12.8 Å². The second-order valence-corrected chi connectivity index (χ2v) is 6.08. The molecular weight excluding hydrogens is 268 g/mol. The van der Waals surface area contributed by atoms with E-state index in [-0.39, 0.29) is 12.1 Å². The number of hydrogen-bond donors (Lipinski definition) is 2. The minimum Gasteiger partial charge on any atom is -0.376 e. The Morgan fingerprint density at radius 3 is 3.24 bits per heavy atom. The van der Waals surface area contributed by atoms with E-state index in [4.69, 9.17) is 4.74 Å². The highest BCUT2D eigenvalue weighted by Gasteiger charge is 2.37. The topological polar surface area (TPSA) is 68.2 Å². The van der Waals surface area contributed by atoms with Gasteiger partial charge in [0, 0.05) is 18.8 Å². The number of aromatic nitrogens is 2. The van der Waals surface area contributed by atoms with E-state index in [1.807, 2.05) is 10.9 Å². The minimum absolute atomic E-state index is 0.129.